The second kappa shape index (κ2) is 8.01. The molecule has 33 heavy (non-hydrogen) atoms. The molecule has 12 heteroatoms. The van der Waals surface area contributed by atoms with Gasteiger partial charge in [0.2, 0.25) is 5.91 Å². The van der Waals surface area contributed by atoms with Gasteiger partial charge >= 0.3 is 5.69 Å². The van der Waals surface area contributed by atoms with Gasteiger partial charge in [-0.1, -0.05) is 0 Å². The van der Waals surface area contributed by atoms with Crippen molar-refractivity contribution in [3.63, 3.8) is 0 Å². The second-order valence-corrected chi connectivity index (χ2v) is 8.62. The first-order valence-electron chi connectivity index (χ1n) is 11.1. The lowest BCUT2D eigenvalue weighted by Crippen LogP contribution is -2.51. The highest BCUT2D eigenvalue weighted by atomic mass is 16.2. The largest absolute Gasteiger partial charge is 0.338 e. The molecule has 0 saturated carbocycles. The number of imidazole rings is 1. The van der Waals surface area contributed by atoms with E-state index in [2.05, 4.69) is 10.1 Å². The van der Waals surface area contributed by atoms with E-state index in [1.165, 1.54) is 29.6 Å². The highest BCUT2D eigenvalue weighted by Gasteiger charge is 2.28. The van der Waals surface area contributed by atoms with Gasteiger partial charge in [0.1, 0.15) is 6.54 Å². The summed E-state index contributed by atoms with van der Waals surface area (Å²) in [5.74, 6) is -0.274. The number of carbonyl (C=O) groups excluding carboxylic acids is 2. The van der Waals surface area contributed by atoms with Gasteiger partial charge in [-0.25, -0.2) is 9.78 Å². The van der Waals surface area contributed by atoms with Crippen LogP contribution >= 0.6 is 0 Å². The number of aryl methyl sites for hydroxylation is 3. The van der Waals surface area contributed by atoms with Crippen LogP contribution in [0.25, 0.3) is 11.2 Å². The third kappa shape index (κ3) is 3.55. The van der Waals surface area contributed by atoms with Crippen LogP contribution in [0, 0.1) is 0 Å². The van der Waals surface area contributed by atoms with E-state index in [1.54, 1.807) is 9.80 Å². The first-order chi connectivity index (χ1) is 15.8. The zero-order chi connectivity index (χ0) is 23.3. The lowest BCUT2D eigenvalue weighted by Gasteiger charge is -2.34. The second-order valence-electron chi connectivity index (χ2n) is 8.62. The summed E-state index contributed by atoms with van der Waals surface area (Å²) >= 11 is 0. The summed E-state index contributed by atoms with van der Waals surface area (Å²) in [5.41, 5.74) is 1.08. The average Bonchev–Trinajstić information content (AvgIpc) is 3.45. The topological polar surface area (TPSA) is 120 Å². The summed E-state index contributed by atoms with van der Waals surface area (Å²) in [6.07, 6.45) is 4.55. The number of hydrogen-bond acceptors (Lipinski definition) is 6. The van der Waals surface area contributed by atoms with Crippen molar-refractivity contribution in [1.29, 1.82) is 0 Å². The van der Waals surface area contributed by atoms with Gasteiger partial charge in [0, 0.05) is 52.5 Å². The Morgan fingerprint density at radius 3 is 2.42 bits per heavy atom. The van der Waals surface area contributed by atoms with Gasteiger partial charge in [0.25, 0.3) is 11.5 Å². The molecule has 12 nitrogen and oxygen atoms in total. The van der Waals surface area contributed by atoms with Gasteiger partial charge in [0.15, 0.2) is 16.9 Å². The molecule has 174 valence electrons. The molecule has 3 aromatic heterocycles. The maximum Gasteiger partial charge on any atom is 0.332 e. The Labute approximate surface area is 188 Å². The van der Waals surface area contributed by atoms with E-state index in [9.17, 15) is 19.2 Å². The molecular formula is C21H26N8O4. The summed E-state index contributed by atoms with van der Waals surface area (Å²) < 4.78 is 5.69. The van der Waals surface area contributed by atoms with Crippen LogP contribution in [0.3, 0.4) is 0 Å². The van der Waals surface area contributed by atoms with Crippen molar-refractivity contribution in [3.05, 3.63) is 44.6 Å². The molecule has 2 aliphatic heterocycles. The normalized spacial score (nSPS) is 16.3. The maximum atomic E-state index is 12.9. The van der Waals surface area contributed by atoms with E-state index in [-0.39, 0.29) is 29.5 Å². The minimum Gasteiger partial charge on any atom is -0.338 e. The lowest BCUT2D eigenvalue weighted by atomic mass is 10.1. The van der Waals surface area contributed by atoms with Crippen molar-refractivity contribution in [1.82, 2.24) is 38.3 Å². The van der Waals surface area contributed by atoms with Crippen LogP contribution in [0.15, 0.2) is 22.0 Å². The summed E-state index contributed by atoms with van der Waals surface area (Å²) in [5, 5.41) is 4.47. The summed E-state index contributed by atoms with van der Waals surface area (Å²) in [7, 11) is 2.94. The van der Waals surface area contributed by atoms with Crippen molar-refractivity contribution in [2.24, 2.45) is 14.1 Å². The fraction of sp³-hybridized carbons (Fsp3) is 0.524. The third-order valence-electron chi connectivity index (χ3n) is 6.58. The first kappa shape index (κ1) is 21.2. The number of nitrogens with zero attached hydrogens (tertiary/aromatic N) is 8. The van der Waals surface area contributed by atoms with Crippen molar-refractivity contribution in [2.75, 3.05) is 26.2 Å². The van der Waals surface area contributed by atoms with E-state index >= 15 is 0 Å². The SMILES string of the molecule is Cn1c(=O)c2c(ncn2CC(=O)N2CCN(C(=O)c3cc4n(n3)CCCC4)CC2)n(C)c1=O. The van der Waals surface area contributed by atoms with Crippen LogP contribution < -0.4 is 11.2 Å². The molecule has 0 unspecified atom stereocenters. The zero-order valence-corrected chi connectivity index (χ0v) is 18.7. The minimum absolute atomic E-state index is 0.0638. The average molecular weight is 454 g/mol. The van der Waals surface area contributed by atoms with E-state index in [1.807, 2.05) is 10.7 Å². The van der Waals surface area contributed by atoms with E-state index in [4.69, 9.17) is 0 Å². The summed E-state index contributed by atoms with van der Waals surface area (Å²) in [4.78, 5) is 58.1. The molecule has 0 spiro atoms. The number of carbonyl (C=O) groups is 2. The molecule has 0 radical (unpaired) electrons. The van der Waals surface area contributed by atoms with Crippen LogP contribution in [0.1, 0.15) is 29.0 Å². The smallest absolute Gasteiger partial charge is 0.332 e. The highest BCUT2D eigenvalue weighted by Crippen LogP contribution is 2.17. The van der Waals surface area contributed by atoms with Gasteiger partial charge in [0.05, 0.1) is 6.33 Å². The van der Waals surface area contributed by atoms with Crippen LogP contribution in [-0.2, 0) is 38.4 Å². The Hall–Kier alpha value is -3.70. The standard InChI is InChI=1S/C21H26N8O4/c1-24-18-17(20(32)25(2)21(24)33)28(13-22-18)12-16(30)26-7-9-27(10-8-26)19(31)15-11-14-5-3-4-6-29(14)23-15/h11,13H,3-10,12H2,1-2H3. The number of amides is 2. The minimum atomic E-state index is -0.489. The summed E-state index contributed by atoms with van der Waals surface area (Å²) in [6, 6.07) is 1.89. The van der Waals surface area contributed by atoms with Crippen LogP contribution in [0.2, 0.25) is 0 Å². The lowest BCUT2D eigenvalue weighted by molar-refractivity contribution is -0.133. The number of aromatic nitrogens is 6. The van der Waals surface area contributed by atoms with Crippen LogP contribution in [0.5, 0.6) is 0 Å². The van der Waals surface area contributed by atoms with Crippen LogP contribution in [0.4, 0.5) is 0 Å². The molecule has 0 aromatic carbocycles. The molecule has 0 aliphatic carbocycles. The van der Waals surface area contributed by atoms with E-state index in [0.29, 0.717) is 31.9 Å². The molecule has 5 rings (SSSR count). The highest BCUT2D eigenvalue weighted by molar-refractivity contribution is 5.92. The van der Waals surface area contributed by atoms with Crippen LogP contribution in [-0.4, -0.2) is 76.3 Å². The first-order valence-corrected chi connectivity index (χ1v) is 11.1. The fourth-order valence-corrected chi connectivity index (χ4v) is 4.61. The monoisotopic (exact) mass is 454 g/mol. The molecule has 0 N–H and O–H groups in total. The molecule has 1 fully saturated rings. The van der Waals surface area contributed by atoms with Gasteiger partial charge in [-0.3, -0.25) is 28.2 Å². The number of rotatable bonds is 3. The Morgan fingerprint density at radius 1 is 0.970 bits per heavy atom. The van der Waals surface area contributed by atoms with Gasteiger partial charge < -0.3 is 14.4 Å². The van der Waals surface area contributed by atoms with Crippen molar-refractivity contribution >= 4 is 23.0 Å². The predicted octanol–water partition coefficient (Wildman–Crippen LogP) is -1.05. The van der Waals surface area contributed by atoms with Crippen molar-refractivity contribution < 1.29 is 9.59 Å². The number of hydrogen-bond donors (Lipinski definition) is 0. The number of piperazine rings is 1. The Morgan fingerprint density at radius 2 is 1.70 bits per heavy atom. The molecule has 3 aromatic rings. The quantitative estimate of drug-likeness (QED) is 0.498. The molecule has 5 heterocycles. The maximum absolute atomic E-state index is 12.9. The van der Waals surface area contributed by atoms with Gasteiger partial charge in [-0.15, -0.1) is 0 Å². The van der Waals surface area contributed by atoms with Crippen molar-refractivity contribution in [2.45, 2.75) is 32.4 Å². The molecule has 2 amide bonds. The molecule has 1 saturated heterocycles. The van der Waals surface area contributed by atoms with E-state index in [0.717, 1.165) is 36.1 Å². The zero-order valence-electron chi connectivity index (χ0n) is 18.7. The van der Waals surface area contributed by atoms with Gasteiger partial charge in [-0.2, -0.15) is 5.10 Å². The van der Waals surface area contributed by atoms with Gasteiger partial charge in [-0.05, 0) is 25.3 Å². The molecule has 0 atom stereocenters. The summed E-state index contributed by atoms with van der Waals surface area (Å²) in [6.45, 7) is 2.45. The fourth-order valence-electron chi connectivity index (χ4n) is 4.61. The molecule has 2 aliphatic rings. The van der Waals surface area contributed by atoms with Crippen molar-refractivity contribution in [3.8, 4) is 0 Å². The third-order valence-corrected chi connectivity index (χ3v) is 6.58. The Kier molecular flexibility index (Phi) is 5.14. The molecular weight excluding hydrogens is 428 g/mol. The predicted molar refractivity (Wildman–Crippen MR) is 118 cm³/mol. The number of fused-ring (bicyclic) bond motifs is 2. The van der Waals surface area contributed by atoms with E-state index < -0.39 is 11.2 Å². The Bertz CT molecular complexity index is 1350. The Balaban J connectivity index is 1.26. The molecule has 0 bridgehead atoms.